The molecule has 1 aromatic carbocycles. The number of pyridine rings is 1. The average molecular weight is 821 g/mol. The first-order chi connectivity index (χ1) is 28.9. The molecule has 0 bridgehead atoms. The fraction of sp³-hybridized carbons (Fsp3) is 0.375. The van der Waals surface area contributed by atoms with Crippen LogP contribution in [0.2, 0.25) is 0 Å². The summed E-state index contributed by atoms with van der Waals surface area (Å²) in [7, 11) is 0. The highest BCUT2D eigenvalue weighted by molar-refractivity contribution is 6.04. The molecule has 1 fully saturated rings. The van der Waals surface area contributed by atoms with Crippen molar-refractivity contribution in [1.82, 2.24) is 48.1 Å². The van der Waals surface area contributed by atoms with Gasteiger partial charge < -0.3 is 34.6 Å². The Morgan fingerprint density at radius 2 is 1.35 bits per heavy atom. The van der Waals surface area contributed by atoms with E-state index in [4.69, 9.17) is 25.9 Å². The normalized spacial score (nSPS) is 13.4. The molecule has 5 aromatic heterocycles. The number of ether oxygens (including phenoxy) is 2. The van der Waals surface area contributed by atoms with E-state index in [1.807, 2.05) is 32.9 Å². The van der Waals surface area contributed by atoms with Crippen LogP contribution >= 0.6 is 0 Å². The number of amides is 4. The van der Waals surface area contributed by atoms with Crippen LogP contribution < -0.4 is 26.8 Å². The van der Waals surface area contributed by atoms with Gasteiger partial charge in [0.2, 0.25) is 23.7 Å². The number of hydrogen-bond acceptors (Lipinski definition) is 12. The maximum absolute atomic E-state index is 13.7. The Morgan fingerprint density at radius 1 is 0.783 bits per heavy atom. The van der Waals surface area contributed by atoms with E-state index in [0.717, 1.165) is 19.6 Å². The quantitative estimate of drug-likeness (QED) is 0.0766. The van der Waals surface area contributed by atoms with Crippen LogP contribution in [0.25, 0.3) is 22.2 Å². The molecule has 0 radical (unpaired) electrons. The fourth-order valence-electron chi connectivity index (χ4n) is 7.08. The fourth-order valence-corrected chi connectivity index (χ4v) is 7.08. The molecule has 314 valence electrons. The number of imidazole rings is 4. The van der Waals surface area contributed by atoms with Crippen LogP contribution in [0.3, 0.4) is 0 Å². The van der Waals surface area contributed by atoms with Crippen LogP contribution in [-0.4, -0.2) is 111 Å². The summed E-state index contributed by atoms with van der Waals surface area (Å²) in [6, 6.07) is 4.66. The van der Waals surface area contributed by atoms with Crippen molar-refractivity contribution in [1.29, 1.82) is 0 Å². The molecule has 20 nitrogen and oxygen atoms in total. The number of fused-ring (bicyclic) bond motifs is 2. The molecule has 0 aliphatic carbocycles. The SMILES string of the molecule is CCn1cc(C)nc1C(=O)Nc1nc2cc(C(N)=O)cnc2n1C/C=C/Cn1c(NC(=O)c2nc(C)cn2CC)nc2cc(C(N)=O)cc(OCCCN3CCOCC3)c21. The number of morpholine rings is 1. The molecule has 0 saturated carbocycles. The van der Waals surface area contributed by atoms with Crippen LogP contribution in [0.15, 0.2) is 48.9 Å². The topological polar surface area (TPSA) is 250 Å². The smallest absolute Gasteiger partial charge is 0.293 e. The second-order valence-electron chi connectivity index (χ2n) is 14.2. The van der Waals surface area contributed by atoms with E-state index in [1.165, 1.54) is 12.3 Å². The highest BCUT2D eigenvalue weighted by Gasteiger charge is 2.23. The molecule has 4 amide bonds. The number of aryl methyl sites for hydroxylation is 4. The molecule has 20 heteroatoms. The highest BCUT2D eigenvalue weighted by atomic mass is 16.5. The Labute approximate surface area is 344 Å². The van der Waals surface area contributed by atoms with Gasteiger partial charge in [-0.1, -0.05) is 12.2 Å². The molecule has 6 heterocycles. The Kier molecular flexibility index (Phi) is 12.3. The third kappa shape index (κ3) is 8.88. The Balaban J connectivity index is 1.22. The van der Waals surface area contributed by atoms with Crippen molar-refractivity contribution in [3.63, 3.8) is 0 Å². The van der Waals surface area contributed by atoms with Gasteiger partial charge in [-0.2, -0.15) is 0 Å². The van der Waals surface area contributed by atoms with Gasteiger partial charge in [-0.3, -0.25) is 39.3 Å². The molecule has 7 rings (SSSR count). The molecule has 1 saturated heterocycles. The van der Waals surface area contributed by atoms with Crippen LogP contribution in [0.4, 0.5) is 11.9 Å². The van der Waals surface area contributed by atoms with Crippen LogP contribution in [0.5, 0.6) is 5.75 Å². The number of nitrogens with two attached hydrogens (primary N) is 2. The Morgan fingerprint density at radius 3 is 1.95 bits per heavy atom. The molecule has 0 spiro atoms. The summed E-state index contributed by atoms with van der Waals surface area (Å²) in [5.74, 6) is -1.11. The van der Waals surface area contributed by atoms with E-state index in [9.17, 15) is 19.2 Å². The zero-order valence-electron chi connectivity index (χ0n) is 34.0. The molecule has 1 aliphatic heterocycles. The maximum atomic E-state index is 13.7. The Hall–Kier alpha value is -6.93. The van der Waals surface area contributed by atoms with E-state index in [1.54, 1.807) is 49.7 Å². The maximum Gasteiger partial charge on any atom is 0.293 e. The number of rotatable bonds is 17. The minimum atomic E-state index is -0.669. The van der Waals surface area contributed by atoms with Crippen molar-refractivity contribution in [2.45, 2.75) is 60.3 Å². The number of allylic oxidation sites excluding steroid dienone is 2. The third-order valence-electron chi connectivity index (χ3n) is 10.0. The molecular weight excluding hydrogens is 773 g/mol. The number of benzene rings is 1. The van der Waals surface area contributed by atoms with E-state index < -0.39 is 23.6 Å². The summed E-state index contributed by atoms with van der Waals surface area (Å²) in [5.41, 5.74) is 14.7. The van der Waals surface area contributed by atoms with Gasteiger partial charge in [-0.15, -0.1) is 0 Å². The minimum absolute atomic E-state index is 0.162. The van der Waals surface area contributed by atoms with Crippen molar-refractivity contribution < 1.29 is 28.7 Å². The van der Waals surface area contributed by atoms with Crippen LogP contribution in [0, 0.1) is 13.8 Å². The van der Waals surface area contributed by atoms with Gasteiger partial charge in [-0.05, 0) is 52.3 Å². The number of carbonyl (C=O) groups excluding carboxylic acids is 4. The predicted octanol–water partition coefficient (Wildman–Crippen LogP) is 2.89. The number of aromatic nitrogens is 9. The first-order valence-electron chi connectivity index (χ1n) is 19.7. The molecule has 6 N–H and O–H groups in total. The summed E-state index contributed by atoms with van der Waals surface area (Å²) in [4.78, 5) is 76.7. The highest BCUT2D eigenvalue weighted by Crippen LogP contribution is 2.32. The molecule has 0 atom stereocenters. The summed E-state index contributed by atoms with van der Waals surface area (Å²) in [5, 5.41) is 5.79. The lowest BCUT2D eigenvalue weighted by Gasteiger charge is -2.26. The van der Waals surface area contributed by atoms with Crippen molar-refractivity contribution in [2.75, 3.05) is 50.1 Å². The molecule has 1 aliphatic rings. The van der Waals surface area contributed by atoms with Crippen LogP contribution in [-0.2, 0) is 30.9 Å². The second kappa shape index (κ2) is 17.9. The summed E-state index contributed by atoms with van der Waals surface area (Å²) in [6.07, 6.45) is 9.33. The predicted molar refractivity (Wildman–Crippen MR) is 222 cm³/mol. The number of nitrogens with zero attached hydrogens (tertiary/aromatic N) is 10. The van der Waals surface area contributed by atoms with E-state index >= 15 is 0 Å². The number of carbonyl (C=O) groups is 4. The van der Waals surface area contributed by atoms with Gasteiger partial charge >= 0.3 is 0 Å². The number of primary amides is 2. The minimum Gasteiger partial charge on any atom is -0.491 e. The standard InChI is InChI=1S/C40H48N14O6/c1-5-51-22-24(3)44-35(51)37(57)48-39-46-28-18-26(32(41)55)20-30(60-15-9-10-50-13-16-59-17-14-50)31(28)53(39)11-7-8-12-54-34-29(19-27(21-43-34)33(42)56)47-40(54)49-38(58)36-45-25(4)23-52(36)6-2/h7-8,18-23H,5-6,9-17H2,1-4H3,(H2,41,55)(H2,42,56)(H,46,48,57)(H,47,49,58)/b8-7+. The summed E-state index contributed by atoms with van der Waals surface area (Å²) in [6.45, 7) is 13.1. The lowest BCUT2D eigenvalue weighted by molar-refractivity contribution is 0.0358. The molecule has 60 heavy (non-hydrogen) atoms. The van der Waals surface area contributed by atoms with Crippen LogP contribution in [0.1, 0.15) is 73.6 Å². The van der Waals surface area contributed by atoms with Gasteiger partial charge in [0.05, 0.1) is 42.3 Å². The van der Waals surface area contributed by atoms with E-state index in [2.05, 4.69) is 35.5 Å². The first kappa shape index (κ1) is 41.2. The zero-order valence-corrected chi connectivity index (χ0v) is 34.0. The first-order valence-corrected chi connectivity index (χ1v) is 19.7. The lowest BCUT2D eigenvalue weighted by Crippen LogP contribution is -2.37. The molecule has 0 unspecified atom stereocenters. The number of anilines is 2. The summed E-state index contributed by atoms with van der Waals surface area (Å²) >= 11 is 0. The van der Waals surface area contributed by atoms with Gasteiger partial charge in [-0.25, -0.2) is 24.9 Å². The second-order valence-corrected chi connectivity index (χ2v) is 14.2. The van der Waals surface area contributed by atoms with E-state index in [0.29, 0.717) is 78.7 Å². The number of nitrogens with one attached hydrogen (secondary N) is 2. The van der Waals surface area contributed by atoms with Crippen molar-refractivity contribution in [2.24, 2.45) is 11.5 Å². The van der Waals surface area contributed by atoms with Crippen molar-refractivity contribution in [3.8, 4) is 5.75 Å². The molecular formula is C40H48N14O6. The largest absolute Gasteiger partial charge is 0.491 e. The van der Waals surface area contributed by atoms with Gasteiger partial charge in [0.15, 0.2) is 17.3 Å². The molecule has 6 aromatic rings. The van der Waals surface area contributed by atoms with Crippen molar-refractivity contribution in [3.05, 3.63) is 83.1 Å². The lowest BCUT2D eigenvalue weighted by atomic mass is 10.1. The monoisotopic (exact) mass is 820 g/mol. The number of hydrogen-bond donors (Lipinski definition) is 4. The van der Waals surface area contributed by atoms with Gasteiger partial charge in [0.25, 0.3) is 11.8 Å². The van der Waals surface area contributed by atoms with Gasteiger partial charge in [0, 0.05) is 70.0 Å². The summed E-state index contributed by atoms with van der Waals surface area (Å²) < 4.78 is 18.8. The van der Waals surface area contributed by atoms with Gasteiger partial charge in [0.1, 0.15) is 16.8 Å². The third-order valence-corrected chi connectivity index (χ3v) is 10.0. The average Bonchev–Trinajstić information content (AvgIpc) is 4.00. The Bertz CT molecular complexity index is 2610. The van der Waals surface area contributed by atoms with Crippen molar-refractivity contribution >= 4 is 57.7 Å². The van der Waals surface area contributed by atoms with E-state index in [-0.39, 0.29) is 47.8 Å². The zero-order chi connectivity index (χ0) is 42.5.